The lowest BCUT2D eigenvalue weighted by molar-refractivity contribution is -0.132. The van der Waals surface area contributed by atoms with Gasteiger partial charge in [-0.25, -0.2) is 4.98 Å². The Morgan fingerprint density at radius 2 is 1.79 bits per heavy atom. The summed E-state index contributed by atoms with van der Waals surface area (Å²) in [5.41, 5.74) is 5.82. The molecule has 1 N–H and O–H groups in total. The van der Waals surface area contributed by atoms with Gasteiger partial charge in [-0.05, 0) is 43.5 Å². The second-order valence-electron chi connectivity index (χ2n) is 7.17. The molecule has 0 aliphatic heterocycles. The van der Waals surface area contributed by atoms with Crippen molar-refractivity contribution in [3.8, 4) is 11.3 Å². The van der Waals surface area contributed by atoms with Crippen molar-refractivity contribution in [2.24, 2.45) is 0 Å². The van der Waals surface area contributed by atoms with Gasteiger partial charge in [-0.2, -0.15) is 0 Å². The Morgan fingerprint density at radius 3 is 2.45 bits per heavy atom. The molecule has 0 unspecified atom stereocenters. The van der Waals surface area contributed by atoms with E-state index in [0.29, 0.717) is 0 Å². The molecule has 1 heterocycles. The van der Waals surface area contributed by atoms with Gasteiger partial charge in [0, 0.05) is 23.7 Å². The lowest BCUT2D eigenvalue weighted by Crippen LogP contribution is -2.35. The number of benzene rings is 2. The lowest BCUT2D eigenvalue weighted by Gasteiger charge is -2.18. The van der Waals surface area contributed by atoms with Crippen LogP contribution in [0.25, 0.3) is 11.3 Å². The van der Waals surface area contributed by atoms with Gasteiger partial charge in [0.2, 0.25) is 11.8 Å². The molecule has 2 aromatic carbocycles. The summed E-state index contributed by atoms with van der Waals surface area (Å²) in [6.07, 6.45) is 0.254. The third-order valence-corrected chi connectivity index (χ3v) is 5.68. The summed E-state index contributed by atoms with van der Waals surface area (Å²) < 4.78 is 0. The summed E-state index contributed by atoms with van der Waals surface area (Å²) in [6, 6.07) is 13.6. The summed E-state index contributed by atoms with van der Waals surface area (Å²) in [6.45, 7) is 5.97. The minimum absolute atomic E-state index is 0.0163. The molecule has 29 heavy (non-hydrogen) atoms. The SMILES string of the molecule is Cc1nc(-c2ccc(CC(=O)N(C)CC(=O)Nc3cccc(C)c3C)cc2)cs1. The van der Waals surface area contributed by atoms with Crippen molar-refractivity contribution in [1.82, 2.24) is 9.88 Å². The van der Waals surface area contributed by atoms with Crippen molar-refractivity contribution in [3.05, 3.63) is 69.5 Å². The first-order valence-corrected chi connectivity index (χ1v) is 10.3. The maximum absolute atomic E-state index is 12.5. The first kappa shape index (κ1) is 20.7. The first-order valence-electron chi connectivity index (χ1n) is 9.45. The Bertz CT molecular complexity index is 1020. The quantitative estimate of drug-likeness (QED) is 0.660. The smallest absolute Gasteiger partial charge is 0.243 e. The lowest BCUT2D eigenvalue weighted by atomic mass is 10.1. The van der Waals surface area contributed by atoms with Crippen molar-refractivity contribution in [3.63, 3.8) is 0 Å². The summed E-state index contributed by atoms with van der Waals surface area (Å²) >= 11 is 1.62. The van der Waals surface area contributed by atoms with Crippen molar-refractivity contribution in [2.75, 3.05) is 18.9 Å². The maximum atomic E-state index is 12.5. The number of thiazole rings is 1. The minimum Gasteiger partial charge on any atom is -0.336 e. The highest BCUT2D eigenvalue weighted by Crippen LogP contribution is 2.22. The fourth-order valence-corrected chi connectivity index (χ4v) is 3.60. The molecule has 5 nitrogen and oxygen atoms in total. The van der Waals surface area contributed by atoms with E-state index in [-0.39, 0.29) is 24.8 Å². The number of aromatic nitrogens is 1. The van der Waals surface area contributed by atoms with E-state index in [2.05, 4.69) is 10.3 Å². The van der Waals surface area contributed by atoms with Gasteiger partial charge in [-0.3, -0.25) is 9.59 Å². The minimum atomic E-state index is -0.205. The van der Waals surface area contributed by atoms with Gasteiger partial charge >= 0.3 is 0 Å². The number of nitrogens with zero attached hydrogens (tertiary/aromatic N) is 2. The van der Waals surface area contributed by atoms with Gasteiger partial charge in [-0.15, -0.1) is 11.3 Å². The van der Waals surface area contributed by atoms with E-state index in [1.54, 1.807) is 18.4 Å². The average Bonchev–Trinajstić information content (AvgIpc) is 3.12. The number of anilines is 1. The summed E-state index contributed by atoms with van der Waals surface area (Å²) in [7, 11) is 1.65. The second kappa shape index (κ2) is 9.01. The third-order valence-electron chi connectivity index (χ3n) is 4.91. The van der Waals surface area contributed by atoms with E-state index in [4.69, 9.17) is 0 Å². The highest BCUT2D eigenvalue weighted by molar-refractivity contribution is 7.09. The van der Waals surface area contributed by atoms with E-state index in [1.807, 2.05) is 68.6 Å². The van der Waals surface area contributed by atoms with Gasteiger partial charge in [0.25, 0.3) is 0 Å². The van der Waals surface area contributed by atoms with Gasteiger partial charge in [-0.1, -0.05) is 36.4 Å². The van der Waals surface area contributed by atoms with Crippen LogP contribution in [0, 0.1) is 20.8 Å². The van der Waals surface area contributed by atoms with Crippen LogP contribution in [0.4, 0.5) is 5.69 Å². The van der Waals surface area contributed by atoms with E-state index in [0.717, 1.165) is 38.6 Å². The normalized spacial score (nSPS) is 10.6. The number of carbonyl (C=O) groups excluding carboxylic acids is 2. The maximum Gasteiger partial charge on any atom is 0.243 e. The molecule has 3 aromatic rings. The Morgan fingerprint density at radius 1 is 1.07 bits per heavy atom. The van der Waals surface area contributed by atoms with Crippen molar-refractivity contribution in [1.29, 1.82) is 0 Å². The molecular weight excluding hydrogens is 382 g/mol. The molecule has 0 spiro atoms. The number of hydrogen-bond acceptors (Lipinski definition) is 4. The van der Waals surface area contributed by atoms with Crippen molar-refractivity contribution >= 4 is 28.8 Å². The topological polar surface area (TPSA) is 62.3 Å². The molecule has 0 atom stereocenters. The number of nitrogens with one attached hydrogen (secondary N) is 1. The predicted octanol–water partition coefficient (Wildman–Crippen LogP) is 4.37. The zero-order valence-corrected chi connectivity index (χ0v) is 18.0. The Labute approximate surface area is 175 Å². The molecular formula is C23H25N3O2S. The van der Waals surface area contributed by atoms with E-state index >= 15 is 0 Å². The molecule has 0 saturated carbocycles. The number of hydrogen-bond donors (Lipinski definition) is 1. The summed E-state index contributed by atoms with van der Waals surface area (Å²) in [4.78, 5) is 30.8. The molecule has 0 aliphatic rings. The largest absolute Gasteiger partial charge is 0.336 e. The van der Waals surface area contributed by atoms with Crippen molar-refractivity contribution < 1.29 is 9.59 Å². The third kappa shape index (κ3) is 5.29. The van der Waals surface area contributed by atoms with Crippen LogP contribution in [0.3, 0.4) is 0 Å². The first-order chi connectivity index (χ1) is 13.8. The van der Waals surface area contributed by atoms with Gasteiger partial charge < -0.3 is 10.2 Å². The number of aryl methyl sites for hydroxylation is 2. The number of carbonyl (C=O) groups is 2. The molecule has 6 heteroatoms. The van der Waals surface area contributed by atoms with E-state index < -0.39 is 0 Å². The summed E-state index contributed by atoms with van der Waals surface area (Å²) in [5, 5.41) is 5.94. The predicted molar refractivity (Wildman–Crippen MR) is 118 cm³/mol. The van der Waals surface area contributed by atoms with Crippen LogP contribution in [0.1, 0.15) is 21.7 Å². The van der Waals surface area contributed by atoms with Crippen LogP contribution in [-0.2, 0) is 16.0 Å². The van der Waals surface area contributed by atoms with Crippen LogP contribution >= 0.6 is 11.3 Å². The molecule has 0 aliphatic carbocycles. The number of amides is 2. The molecule has 0 saturated heterocycles. The van der Waals surface area contributed by atoms with E-state index in [9.17, 15) is 9.59 Å². The van der Waals surface area contributed by atoms with Gasteiger partial charge in [0.05, 0.1) is 23.7 Å². The van der Waals surface area contributed by atoms with Crippen LogP contribution < -0.4 is 5.32 Å². The molecule has 0 radical (unpaired) electrons. The number of likely N-dealkylation sites (N-methyl/N-ethyl adjacent to an activating group) is 1. The van der Waals surface area contributed by atoms with Crippen LogP contribution in [-0.4, -0.2) is 35.3 Å². The monoisotopic (exact) mass is 407 g/mol. The van der Waals surface area contributed by atoms with Gasteiger partial charge in [0.15, 0.2) is 0 Å². The Kier molecular flexibility index (Phi) is 6.44. The van der Waals surface area contributed by atoms with Crippen LogP contribution in [0.5, 0.6) is 0 Å². The fraction of sp³-hybridized carbons (Fsp3) is 0.261. The molecule has 2 amide bonds. The Balaban J connectivity index is 1.56. The second-order valence-corrected chi connectivity index (χ2v) is 8.23. The molecule has 0 bridgehead atoms. The molecule has 1 aromatic heterocycles. The zero-order valence-electron chi connectivity index (χ0n) is 17.2. The van der Waals surface area contributed by atoms with Crippen LogP contribution in [0.15, 0.2) is 47.8 Å². The highest BCUT2D eigenvalue weighted by Gasteiger charge is 2.15. The van der Waals surface area contributed by atoms with Gasteiger partial charge in [0.1, 0.15) is 0 Å². The molecule has 150 valence electrons. The van der Waals surface area contributed by atoms with E-state index in [1.165, 1.54) is 4.90 Å². The number of rotatable bonds is 6. The Hall–Kier alpha value is -2.99. The highest BCUT2D eigenvalue weighted by atomic mass is 32.1. The molecule has 0 fully saturated rings. The molecule has 3 rings (SSSR count). The standard InChI is InChI=1S/C23H25N3O2S/c1-15-6-5-7-20(16(15)2)25-22(27)13-26(4)23(28)12-18-8-10-19(11-9-18)21-14-29-17(3)24-21/h5-11,14H,12-13H2,1-4H3,(H,25,27). The average molecular weight is 408 g/mol. The zero-order chi connectivity index (χ0) is 21.0. The van der Waals surface area contributed by atoms with Crippen LogP contribution in [0.2, 0.25) is 0 Å². The fourth-order valence-electron chi connectivity index (χ4n) is 2.98. The summed E-state index contributed by atoms with van der Waals surface area (Å²) in [5.74, 6) is -0.304. The van der Waals surface area contributed by atoms with Crippen molar-refractivity contribution in [2.45, 2.75) is 27.2 Å².